The van der Waals surface area contributed by atoms with Gasteiger partial charge in [0, 0.05) is 45.0 Å². The van der Waals surface area contributed by atoms with Gasteiger partial charge in [0.1, 0.15) is 5.82 Å². The van der Waals surface area contributed by atoms with Gasteiger partial charge in [-0.25, -0.2) is 4.39 Å². The maximum Gasteiger partial charge on any atom is 0.245 e. The molecule has 2 heterocycles. The van der Waals surface area contributed by atoms with E-state index in [1.54, 1.807) is 17.0 Å². The van der Waals surface area contributed by atoms with Gasteiger partial charge < -0.3 is 14.7 Å². The van der Waals surface area contributed by atoms with E-state index in [0.717, 1.165) is 44.5 Å². The van der Waals surface area contributed by atoms with Crippen LogP contribution in [0.3, 0.4) is 0 Å². The van der Waals surface area contributed by atoms with Crippen molar-refractivity contribution in [3.05, 3.63) is 42.7 Å². The molecule has 146 valence electrons. The van der Waals surface area contributed by atoms with Crippen LogP contribution in [-0.4, -0.2) is 60.9 Å². The molecule has 2 amide bonds. The Hall–Kier alpha value is -2.37. The lowest BCUT2D eigenvalue weighted by atomic mass is 9.94. The van der Waals surface area contributed by atoms with Crippen molar-refractivity contribution in [1.82, 2.24) is 9.80 Å². The van der Waals surface area contributed by atoms with Crippen molar-refractivity contribution in [2.75, 3.05) is 38.1 Å². The number of nitrogens with zero attached hydrogens (tertiary/aromatic N) is 3. The van der Waals surface area contributed by atoms with Crippen LogP contribution >= 0.6 is 0 Å². The first-order valence-electron chi connectivity index (χ1n) is 9.68. The molecule has 2 aliphatic rings. The molecule has 2 saturated heterocycles. The van der Waals surface area contributed by atoms with Crippen LogP contribution in [0.2, 0.25) is 0 Å². The first kappa shape index (κ1) is 19.4. The fourth-order valence-corrected chi connectivity index (χ4v) is 4.14. The molecular formula is C21H28FN3O2. The summed E-state index contributed by atoms with van der Waals surface area (Å²) in [6.45, 7) is 6.42. The monoisotopic (exact) mass is 373 g/mol. The summed E-state index contributed by atoms with van der Waals surface area (Å²) in [6, 6.07) is 6.78. The number of piperidine rings is 2. The van der Waals surface area contributed by atoms with Crippen LogP contribution in [0.4, 0.5) is 10.1 Å². The summed E-state index contributed by atoms with van der Waals surface area (Å²) < 4.78 is 13.1. The number of hydrogen-bond acceptors (Lipinski definition) is 3. The SMILES string of the molecule is C=CC(=O)N1CCCC(C(=O)N(C)C2CCN(c3ccc(F)cc3)CC2)C1. The van der Waals surface area contributed by atoms with E-state index in [-0.39, 0.29) is 29.6 Å². The molecule has 2 fully saturated rings. The molecule has 0 aliphatic carbocycles. The van der Waals surface area contributed by atoms with Gasteiger partial charge in [-0.2, -0.15) is 0 Å². The minimum atomic E-state index is -0.226. The topological polar surface area (TPSA) is 43.9 Å². The van der Waals surface area contributed by atoms with Gasteiger partial charge in [-0.3, -0.25) is 9.59 Å². The van der Waals surface area contributed by atoms with E-state index in [0.29, 0.717) is 13.1 Å². The summed E-state index contributed by atoms with van der Waals surface area (Å²) in [7, 11) is 1.88. The van der Waals surface area contributed by atoms with Crippen molar-refractivity contribution in [3.8, 4) is 0 Å². The number of carbonyl (C=O) groups excluding carboxylic acids is 2. The second-order valence-electron chi connectivity index (χ2n) is 7.47. The summed E-state index contributed by atoms with van der Waals surface area (Å²) in [5.74, 6) is -0.308. The normalized spacial score (nSPS) is 21.0. The Bertz CT molecular complexity index is 683. The van der Waals surface area contributed by atoms with Crippen LogP contribution in [0.15, 0.2) is 36.9 Å². The number of hydrogen-bond donors (Lipinski definition) is 0. The van der Waals surface area contributed by atoms with Crippen LogP contribution in [-0.2, 0) is 9.59 Å². The zero-order valence-electron chi connectivity index (χ0n) is 15.9. The van der Waals surface area contributed by atoms with Crippen molar-refractivity contribution < 1.29 is 14.0 Å². The third kappa shape index (κ3) is 4.49. The minimum Gasteiger partial charge on any atom is -0.371 e. The van der Waals surface area contributed by atoms with Crippen LogP contribution in [0.1, 0.15) is 25.7 Å². The quantitative estimate of drug-likeness (QED) is 0.762. The number of rotatable bonds is 4. The van der Waals surface area contributed by atoms with Crippen LogP contribution in [0, 0.1) is 11.7 Å². The third-order valence-corrected chi connectivity index (χ3v) is 5.81. The highest BCUT2D eigenvalue weighted by Crippen LogP contribution is 2.25. The maximum atomic E-state index is 13.1. The smallest absolute Gasteiger partial charge is 0.245 e. The molecule has 1 atom stereocenters. The summed E-state index contributed by atoms with van der Waals surface area (Å²) >= 11 is 0. The number of halogens is 1. The molecule has 0 radical (unpaired) electrons. The van der Waals surface area contributed by atoms with E-state index in [1.165, 1.54) is 18.2 Å². The Kier molecular flexibility index (Phi) is 6.14. The standard InChI is InChI=1S/C21H28FN3O2/c1-3-20(26)25-12-4-5-16(15-25)21(27)23(2)18-10-13-24(14-11-18)19-8-6-17(22)7-9-19/h3,6-9,16,18H,1,4-5,10-15H2,2H3. The molecule has 6 heteroatoms. The Balaban J connectivity index is 1.54. The fourth-order valence-electron chi connectivity index (χ4n) is 4.14. The molecule has 0 bridgehead atoms. The van der Waals surface area contributed by atoms with Gasteiger partial charge in [-0.1, -0.05) is 6.58 Å². The number of anilines is 1. The first-order chi connectivity index (χ1) is 13.0. The third-order valence-electron chi connectivity index (χ3n) is 5.81. The second kappa shape index (κ2) is 8.55. The Morgan fingerprint density at radius 3 is 2.44 bits per heavy atom. The van der Waals surface area contributed by atoms with Gasteiger partial charge in [-0.15, -0.1) is 0 Å². The van der Waals surface area contributed by atoms with Crippen LogP contribution in [0.5, 0.6) is 0 Å². The first-order valence-corrected chi connectivity index (χ1v) is 9.68. The minimum absolute atomic E-state index is 0.0947. The molecule has 0 spiro atoms. The van der Waals surface area contributed by atoms with Gasteiger partial charge in [0.05, 0.1) is 5.92 Å². The number of benzene rings is 1. The Morgan fingerprint density at radius 1 is 1.15 bits per heavy atom. The van der Waals surface area contributed by atoms with Crippen molar-refractivity contribution in [2.45, 2.75) is 31.7 Å². The van der Waals surface area contributed by atoms with Crippen molar-refractivity contribution >= 4 is 17.5 Å². The van der Waals surface area contributed by atoms with Gasteiger partial charge >= 0.3 is 0 Å². The molecule has 27 heavy (non-hydrogen) atoms. The summed E-state index contributed by atoms with van der Waals surface area (Å²) in [4.78, 5) is 30.6. The van der Waals surface area contributed by atoms with E-state index in [9.17, 15) is 14.0 Å². The predicted molar refractivity (Wildman–Crippen MR) is 104 cm³/mol. The van der Waals surface area contributed by atoms with Gasteiger partial charge in [0.25, 0.3) is 0 Å². The highest BCUT2D eigenvalue weighted by molar-refractivity contribution is 5.88. The van der Waals surface area contributed by atoms with Crippen molar-refractivity contribution in [3.63, 3.8) is 0 Å². The molecule has 2 aliphatic heterocycles. The molecular weight excluding hydrogens is 345 g/mol. The number of carbonyl (C=O) groups is 2. The lowest BCUT2D eigenvalue weighted by molar-refractivity contribution is -0.140. The summed E-state index contributed by atoms with van der Waals surface area (Å²) in [5.41, 5.74) is 1.02. The van der Waals surface area contributed by atoms with E-state index >= 15 is 0 Å². The summed E-state index contributed by atoms with van der Waals surface area (Å²) in [6.07, 6.45) is 4.79. The van der Waals surface area contributed by atoms with Gasteiger partial charge in [-0.05, 0) is 56.0 Å². The van der Waals surface area contributed by atoms with Crippen LogP contribution in [0.25, 0.3) is 0 Å². The molecule has 1 aromatic rings. The highest BCUT2D eigenvalue weighted by atomic mass is 19.1. The maximum absolute atomic E-state index is 13.1. The molecule has 0 aromatic heterocycles. The molecule has 0 saturated carbocycles. The van der Waals surface area contributed by atoms with E-state index in [4.69, 9.17) is 0 Å². The molecule has 1 unspecified atom stereocenters. The average Bonchev–Trinajstić information content (AvgIpc) is 2.73. The van der Waals surface area contributed by atoms with Crippen LogP contribution < -0.4 is 4.90 Å². The Morgan fingerprint density at radius 2 is 1.81 bits per heavy atom. The van der Waals surface area contributed by atoms with E-state index in [1.807, 2.05) is 11.9 Å². The largest absolute Gasteiger partial charge is 0.371 e. The lowest BCUT2D eigenvalue weighted by Gasteiger charge is -2.40. The number of likely N-dealkylation sites (tertiary alicyclic amines) is 1. The molecule has 0 N–H and O–H groups in total. The van der Waals surface area contributed by atoms with Gasteiger partial charge in [0.15, 0.2) is 0 Å². The zero-order valence-corrected chi connectivity index (χ0v) is 15.9. The molecule has 5 nitrogen and oxygen atoms in total. The lowest BCUT2D eigenvalue weighted by Crippen LogP contribution is -2.50. The molecule has 3 rings (SSSR count). The number of amides is 2. The molecule has 1 aromatic carbocycles. The summed E-state index contributed by atoms with van der Waals surface area (Å²) in [5, 5.41) is 0. The van der Waals surface area contributed by atoms with Crippen molar-refractivity contribution in [1.29, 1.82) is 0 Å². The van der Waals surface area contributed by atoms with Crippen molar-refractivity contribution in [2.24, 2.45) is 5.92 Å². The predicted octanol–water partition coefficient (Wildman–Crippen LogP) is 2.68. The van der Waals surface area contributed by atoms with E-state index in [2.05, 4.69) is 11.5 Å². The second-order valence-corrected chi connectivity index (χ2v) is 7.47. The Labute approximate surface area is 160 Å². The highest BCUT2D eigenvalue weighted by Gasteiger charge is 2.33. The fraction of sp³-hybridized carbons (Fsp3) is 0.524. The zero-order chi connectivity index (χ0) is 19.4. The average molecular weight is 373 g/mol. The van der Waals surface area contributed by atoms with E-state index < -0.39 is 0 Å². The van der Waals surface area contributed by atoms with Gasteiger partial charge in [0.2, 0.25) is 11.8 Å².